The molecule has 1 aromatic carbocycles. The summed E-state index contributed by atoms with van der Waals surface area (Å²) in [5.74, 6) is -1.40. The lowest BCUT2D eigenvalue weighted by atomic mass is 10.1. The van der Waals surface area contributed by atoms with Gasteiger partial charge >= 0.3 is 13.6 Å². The van der Waals surface area contributed by atoms with Gasteiger partial charge in [-0.05, 0) is 25.5 Å². The molecule has 0 saturated carbocycles. The number of carbonyl (C=O) groups excluding carboxylic acids is 1. The van der Waals surface area contributed by atoms with Crippen LogP contribution in [-0.2, 0) is 28.0 Å². The van der Waals surface area contributed by atoms with Crippen LogP contribution in [0.25, 0.3) is 0 Å². The van der Waals surface area contributed by atoms with Crippen molar-refractivity contribution in [3.8, 4) is 0 Å². The molecule has 2 atom stereocenters. The number of hydrogen-bond acceptors (Lipinski definition) is 7. The maximum Gasteiger partial charge on any atom is 0.359 e. The summed E-state index contributed by atoms with van der Waals surface area (Å²) < 4.78 is 29.1. The second-order valence-corrected chi connectivity index (χ2v) is 8.32. The molecular weight excluding hydrogens is 369 g/mol. The van der Waals surface area contributed by atoms with Gasteiger partial charge in [-0.1, -0.05) is 44.0 Å². The monoisotopic (exact) mass is 397 g/mol. The quantitative estimate of drug-likeness (QED) is 0.266. The topological polar surface area (TPSA) is 74.3 Å². The highest BCUT2D eigenvalue weighted by Crippen LogP contribution is 2.59. The van der Waals surface area contributed by atoms with Crippen molar-refractivity contribution in [1.82, 2.24) is 0 Å². The number of unbranched alkanes of at least 4 members (excludes halogenated alkanes) is 2. The summed E-state index contributed by atoms with van der Waals surface area (Å²) in [7, 11) is -0.970. The molecule has 0 amide bonds. The van der Waals surface area contributed by atoms with Crippen LogP contribution < -0.4 is 5.06 Å². The van der Waals surface area contributed by atoms with Gasteiger partial charge < -0.3 is 13.8 Å². The first-order valence-electron chi connectivity index (χ1n) is 9.11. The number of ether oxygens (including phenoxy) is 1. The lowest BCUT2D eigenvalue weighted by molar-refractivity contribution is -0.152. The first-order chi connectivity index (χ1) is 13.0. The number of hydrogen-bond donors (Lipinski definition) is 0. The zero-order valence-corrected chi connectivity index (χ0v) is 17.2. The van der Waals surface area contributed by atoms with Crippen molar-refractivity contribution in [3.05, 3.63) is 42.0 Å². The van der Waals surface area contributed by atoms with Gasteiger partial charge in [-0.3, -0.25) is 9.40 Å². The van der Waals surface area contributed by atoms with Crippen LogP contribution in [-0.4, -0.2) is 38.7 Å². The van der Waals surface area contributed by atoms with Gasteiger partial charge in [0.05, 0.1) is 12.3 Å². The van der Waals surface area contributed by atoms with Gasteiger partial charge in [0.25, 0.3) is 0 Å². The molecule has 7 nitrogen and oxygen atoms in total. The highest BCUT2D eigenvalue weighted by Gasteiger charge is 2.53. The standard InChI is InChI=1S/C19H28NO6P/c1-5-7-9-14-16-17(19(21)25-6-2)26-20(15-12-10-8-11-13-15)18(16)27(22,23-3)24-4/h8,10-14,17-18H,5-7,9H2,1-4H3/b16-14-/t17-,18+/m1/s1. The summed E-state index contributed by atoms with van der Waals surface area (Å²) in [6, 6.07) is 9.14. The van der Waals surface area contributed by atoms with Gasteiger partial charge in [0.15, 0.2) is 5.78 Å². The molecule has 0 aliphatic carbocycles. The van der Waals surface area contributed by atoms with Crippen molar-refractivity contribution in [3.63, 3.8) is 0 Å². The smallest absolute Gasteiger partial charge is 0.359 e. The molecule has 1 saturated heterocycles. The van der Waals surface area contributed by atoms with Crippen LogP contribution in [0.4, 0.5) is 5.69 Å². The Morgan fingerprint density at radius 1 is 1.22 bits per heavy atom. The van der Waals surface area contributed by atoms with E-state index in [0.717, 1.165) is 19.3 Å². The molecule has 1 heterocycles. The number of carbonyl (C=O) groups is 1. The Morgan fingerprint density at radius 2 is 1.89 bits per heavy atom. The molecule has 0 spiro atoms. The van der Waals surface area contributed by atoms with Gasteiger partial charge in [0.2, 0.25) is 6.10 Å². The largest absolute Gasteiger partial charge is 0.464 e. The maximum absolute atomic E-state index is 13.3. The molecule has 0 unspecified atom stereocenters. The summed E-state index contributed by atoms with van der Waals surface area (Å²) >= 11 is 0. The molecular formula is C19H28NO6P. The molecule has 8 heteroatoms. The van der Waals surface area contributed by atoms with Crippen molar-refractivity contribution < 1.29 is 28.0 Å². The Labute approximate surface area is 160 Å². The van der Waals surface area contributed by atoms with E-state index in [9.17, 15) is 9.36 Å². The summed E-state index contributed by atoms with van der Waals surface area (Å²) in [5, 5.41) is 1.44. The van der Waals surface area contributed by atoms with E-state index >= 15 is 0 Å². The summed E-state index contributed by atoms with van der Waals surface area (Å²) in [6.07, 6.45) is 3.54. The fraction of sp³-hybridized carbons (Fsp3) is 0.526. The van der Waals surface area contributed by atoms with Gasteiger partial charge in [0.1, 0.15) is 0 Å². The predicted octanol–water partition coefficient (Wildman–Crippen LogP) is 4.30. The molecule has 1 aliphatic rings. The van der Waals surface area contributed by atoms with E-state index in [-0.39, 0.29) is 6.61 Å². The summed E-state index contributed by atoms with van der Waals surface area (Å²) in [6.45, 7) is 4.04. The molecule has 1 aromatic rings. The molecule has 0 radical (unpaired) electrons. The molecule has 1 aliphatic heterocycles. The first kappa shape index (κ1) is 21.6. The summed E-state index contributed by atoms with van der Waals surface area (Å²) in [5.41, 5.74) is 1.18. The lowest BCUT2D eigenvalue weighted by Crippen LogP contribution is -2.30. The third-order valence-corrected chi connectivity index (χ3v) is 6.42. The third-order valence-electron chi connectivity index (χ3n) is 4.30. The summed E-state index contributed by atoms with van der Waals surface area (Å²) in [4.78, 5) is 18.5. The Bertz CT molecular complexity index is 685. The van der Waals surface area contributed by atoms with Crippen LogP contribution in [0.3, 0.4) is 0 Å². The zero-order valence-electron chi connectivity index (χ0n) is 16.3. The number of para-hydroxylation sites is 1. The number of rotatable bonds is 9. The first-order valence-corrected chi connectivity index (χ1v) is 10.7. The van der Waals surface area contributed by atoms with Gasteiger partial charge in [-0.2, -0.15) is 0 Å². The van der Waals surface area contributed by atoms with E-state index in [0.29, 0.717) is 11.3 Å². The minimum absolute atomic E-state index is 0.225. The van der Waals surface area contributed by atoms with E-state index in [1.807, 2.05) is 24.3 Å². The van der Waals surface area contributed by atoms with Crippen molar-refractivity contribution >= 4 is 19.3 Å². The second kappa shape index (κ2) is 10.0. The third kappa shape index (κ3) is 4.79. The highest BCUT2D eigenvalue weighted by atomic mass is 31.2. The SMILES string of the molecule is CCCC/C=C1/[C@H](C(=O)OCC)ON(c2ccccc2)[C@H]1P(=O)(OC)OC. The second-order valence-electron chi connectivity index (χ2n) is 6.02. The van der Waals surface area contributed by atoms with Crippen molar-refractivity contribution in [2.75, 3.05) is 25.9 Å². The van der Waals surface area contributed by atoms with E-state index in [4.69, 9.17) is 18.6 Å². The molecule has 1 fully saturated rings. The average Bonchev–Trinajstić information content (AvgIpc) is 3.09. The number of nitrogens with zero attached hydrogens (tertiary/aromatic N) is 1. The van der Waals surface area contributed by atoms with E-state index in [2.05, 4.69) is 6.92 Å². The van der Waals surface area contributed by atoms with Crippen LogP contribution in [0.1, 0.15) is 33.1 Å². The lowest BCUT2D eigenvalue weighted by Gasteiger charge is -2.28. The van der Waals surface area contributed by atoms with E-state index < -0.39 is 25.5 Å². The van der Waals surface area contributed by atoms with Crippen LogP contribution in [0.15, 0.2) is 42.0 Å². The van der Waals surface area contributed by atoms with Gasteiger partial charge in [-0.15, -0.1) is 0 Å². The van der Waals surface area contributed by atoms with Crippen molar-refractivity contribution in [1.29, 1.82) is 0 Å². The molecule has 0 bridgehead atoms. The van der Waals surface area contributed by atoms with Crippen LogP contribution in [0.2, 0.25) is 0 Å². The normalized spacial score (nSPS) is 21.6. The number of allylic oxidation sites excluding steroid dienone is 1. The molecule has 2 rings (SSSR count). The van der Waals surface area contributed by atoms with Gasteiger partial charge in [0, 0.05) is 19.8 Å². The maximum atomic E-state index is 13.3. The van der Waals surface area contributed by atoms with Crippen LogP contribution in [0.5, 0.6) is 0 Å². The number of anilines is 1. The van der Waals surface area contributed by atoms with Crippen molar-refractivity contribution in [2.24, 2.45) is 0 Å². The highest BCUT2D eigenvalue weighted by molar-refractivity contribution is 7.55. The van der Waals surface area contributed by atoms with Crippen LogP contribution >= 0.6 is 7.60 Å². The van der Waals surface area contributed by atoms with Crippen LogP contribution in [0, 0.1) is 0 Å². The van der Waals surface area contributed by atoms with E-state index in [1.54, 1.807) is 19.1 Å². The molecule has 0 aromatic heterocycles. The minimum Gasteiger partial charge on any atom is -0.464 e. The molecule has 27 heavy (non-hydrogen) atoms. The fourth-order valence-corrected chi connectivity index (χ4v) is 4.55. The van der Waals surface area contributed by atoms with Gasteiger partial charge in [-0.25, -0.2) is 9.86 Å². The Kier molecular flexibility index (Phi) is 8.05. The van der Waals surface area contributed by atoms with E-state index in [1.165, 1.54) is 19.3 Å². The Morgan fingerprint density at radius 3 is 2.44 bits per heavy atom. The Balaban J connectivity index is 2.54. The minimum atomic E-state index is -3.63. The molecule has 150 valence electrons. The number of benzene rings is 1. The predicted molar refractivity (Wildman–Crippen MR) is 103 cm³/mol. The average molecular weight is 397 g/mol. The Hall–Kier alpha value is -1.66. The number of hydroxylamine groups is 1. The fourth-order valence-electron chi connectivity index (χ4n) is 2.95. The number of esters is 1. The van der Waals surface area contributed by atoms with Crippen molar-refractivity contribution in [2.45, 2.75) is 45.0 Å². The zero-order chi connectivity index (χ0) is 19.9. The molecule has 0 N–H and O–H groups in total.